The average molecular weight is 285 g/mol. The number of fused-ring (bicyclic) bond motifs is 1. The fourth-order valence-electron chi connectivity index (χ4n) is 2.84. The number of benzene rings is 1. The maximum Gasteiger partial charge on any atom is 0.295 e. The monoisotopic (exact) mass is 285 g/mol. The minimum Gasteiger partial charge on any atom is -0.371 e. The van der Waals surface area contributed by atoms with Crippen molar-refractivity contribution in [2.75, 3.05) is 18.0 Å². The Bertz CT molecular complexity index is 694. The van der Waals surface area contributed by atoms with Crippen LogP contribution in [-0.2, 0) is 4.79 Å². The van der Waals surface area contributed by atoms with Gasteiger partial charge in [-0.05, 0) is 31.0 Å². The molecule has 0 unspecified atom stereocenters. The van der Waals surface area contributed by atoms with E-state index in [-0.39, 0.29) is 11.6 Å². The van der Waals surface area contributed by atoms with Gasteiger partial charge in [0.15, 0.2) is 0 Å². The Morgan fingerprint density at radius 2 is 2.05 bits per heavy atom. The van der Waals surface area contributed by atoms with Crippen LogP contribution < -0.4 is 4.90 Å². The summed E-state index contributed by atoms with van der Waals surface area (Å²) < 4.78 is 0. The minimum atomic E-state index is -0.405. The van der Waals surface area contributed by atoms with E-state index in [1.54, 1.807) is 18.3 Å². The Morgan fingerprint density at radius 1 is 1.29 bits per heavy atom. The van der Waals surface area contributed by atoms with Crippen molar-refractivity contribution in [1.29, 1.82) is 0 Å². The number of carbonyl (C=O) groups excluding carboxylic acids is 1. The second kappa shape index (κ2) is 5.47. The van der Waals surface area contributed by atoms with E-state index in [2.05, 4.69) is 9.88 Å². The molecule has 108 valence electrons. The van der Waals surface area contributed by atoms with Crippen molar-refractivity contribution >= 4 is 28.6 Å². The van der Waals surface area contributed by atoms with Crippen molar-refractivity contribution in [1.82, 2.24) is 4.98 Å². The summed E-state index contributed by atoms with van der Waals surface area (Å²) in [5.74, 6) is 0.128. The van der Waals surface area contributed by atoms with Crippen LogP contribution in [0.25, 0.3) is 10.9 Å². The summed E-state index contributed by atoms with van der Waals surface area (Å²) in [6, 6.07) is 6.93. The zero-order valence-electron chi connectivity index (χ0n) is 11.4. The van der Waals surface area contributed by atoms with Crippen LogP contribution >= 0.6 is 0 Å². The van der Waals surface area contributed by atoms with Crippen molar-refractivity contribution < 1.29 is 9.72 Å². The van der Waals surface area contributed by atoms with Crippen LogP contribution in [0.5, 0.6) is 0 Å². The van der Waals surface area contributed by atoms with Gasteiger partial charge in [-0.1, -0.05) is 0 Å². The van der Waals surface area contributed by atoms with Gasteiger partial charge in [0.1, 0.15) is 11.8 Å². The maximum absolute atomic E-state index is 11.1. The lowest BCUT2D eigenvalue weighted by Crippen LogP contribution is -2.34. The highest BCUT2D eigenvalue weighted by atomic mass is 16.6. The molecule has 0 spiro atoms. The number of rotatable bonds is 3. The summed E-state index contributed by atoms with van der Waals surface area (Å²) in [4.78, 5) is 27.9. The molecule has 21 heavy (non-hydrogen) atoms. The zero-order chi connectivity index (χ0) is 14.8. The average Bonchev–Trinajstić information content (AvgIpc) is 2.54. The summed E-state index contributed by atoms with van der Waals surface area (Å²) in [5, 5.41) is 11.9. The number of anilines is 1. The van der Waals surface area contributed by atoms with Crippen molar-refractivity contribution in [3.8, 4) is 0 Å². The number of nitro benzene ring substituents is 1. The molecule has 3 rings (SSSR count). The molecule has 6 heteroatoms. The molecule has 0 radical (unpaired) electrons. The lowest BCUT2D eigenvalue weighted by atomic mass is 9.97. The van der Waals surface area contributed by atoms with E-state index in [1.165, 1.54) is 6.07 Å². The smallest absolute Gasteiger partial charge is 0.295 e. The van der Waals surface area contributed by atoms with Gasteiger partial charge in [0.05, 0.1) is 4.92 Å². The third kappa shape index (κ3) is 2.44. The third-order valence-electron chi connectivity index (χ3n) is 3.99. The molecule has 0 amide bonds. The van der Waals surface area contributed by atoms with Gasteiger partial charge in [0, 0.05) is 42.3 Å². The third-order valence-corrected chi connectivity index (χ3v) is 3.99. The van der Waals surface area contributed by atoms with E-state index < -0.39 is 4.92 Å². The number of non-ortho nitro benzene ring substituents is 1. The molecule has 0 N–H and O–H groups in total. The van der Waals surface area contributed by atoms with Gasteiger partial charge in [-0.15, -0.1) is 0 Å². The summed E-state index contributed by atoms with van der Waals surface area (Å²) in [7, 11) is 0. The molecular formula is C15H15N3O3. The Balaban J connectivity index is 2.02. The first-order chi connectivity index (χ1) is 10.2. The van der Waals surface area contributed by atoms with Crippen LogP contribution in [0.1, 0.15) is 12.8 Å². The normalized spacial score (nSPS) is 16.1. The molecule has 1 fully saturated rings. The predicted octanol–water partition coefficient (Wildman–Crippen LogP) is 2.56. The van der Waals surface area contributed by atoms with Crippen LogP contribution in [0.2, 0.25) is 0 Å². The second-order valence-electron chi connectivity index (χ2n) is 5.22. The summed E-state index contributed by atoms with van der Waals surface area (Å²) in [6.45, 7) is 1.57. The van der Waals surface area contributed by atoms with Crippen LogP contribution in [0.4, 0.5) is 11.4 Å². The SMILES string of the molecule is O=CC1CCN(c2ccc([N+](=O)[O-])c3ncccc23)CC1. The van der Waals surface area contributed by atoms with Gasteiger partial charge in [-0.2, -0.15) is 0 Å². The molecule has 1 aliphatic rings. The van der Waals surface area contributed by atoms with Crippen molar-refractivity contribution in [3.05, 3.63) is 40.6 Å². The number of aldehydes is 1. The second-order valence-corrected chi connectivity index (χ2v) is 5.22. The Labute approximate surface area is 121 Å². The minimum absolute atomic E-state index is 0.0251. The molecule has 0 atom stereocenters. The van der Waals surface area contributed by atoms with E-state index >= 15 is 0 Å². The lowest BCUT2D eigenvalue weighted by molar-refractivity contribution is -0.383. The van der Waals surface area contributed by atoms with E-state index in [4.69, 9.17) is 0 Å². The predicted molar refractivity (Wildman–Crippen MR) is 79.4 cm³/mol. The van der Waals surface area contributed by atoms with Crippen molar-refractivity contribution in [2.45, 2.75) is 12.8 Å². The van der Waals surface area contributed by atoms with E-state index in [1.807, 2.05) is 6.07 Å². The highest BCUT2D eigenvalue weighted by Crippen LogP contribution is 2.33. The summed E-state index contributed by atoms with van der Waals surface area (Å²) in [5.41, 5.74) is 1.39. The zero-order valence-corrected chi connectivity index (χ0v) is 11.4. The number of nitrogens with zero attached hydrogens (tertiary/aromatic N) is 3. The summed E-state index contributed by atoms with van der Waals surface area (Å²) in [6.07, 6.45) is 4.23. The molecule has 1 aromatic heterocycles. The number of pyridine rings is 1. The van der Waals surface area contributed by atoms with E-state index in [0.29, 0.717) is 5.52 Å². The number of nitro groups is 1. The number of carbonyl (C=O) groups is 1. The molecule has 6 nitrogen and oxygen atoms in total. The Kier molecular flexibility index (Phi) is 3.51. The molecule has 0 saturated carbocycles. The molecule has 2 heterocycles. The Hall–Kier alpha value is -2.50. The van der Waals surface area contributed by atoms with Crippen LogP contribution in [0.3, 0.4) is 0 Å². The van der Waals surface area contributed by atoms with Crippen molar-refractivity contribution in [2.24, 2.45) is 5.92 Å². The number of hydrogen-bond acceptors (Lipinski definition) is 5. The van der Waals surface area contributed by atoms with Gasteiger partial charge in [-0.3, -0.25) is 10.1 Å². The number of hydrogen-bond donors (Lipinski definition) is 0. The first-order valence-corrected chi connectivity index (χ1v) is 6.93. The number of aromatic nitrogens is 1. The fourth-order valence-corrected chi connectivity index (χ4v) is 2.84. The number of piperidine rings is 1. The van der Waals surface area contributed by atoms with Gasteiger partial charge >= 0.3 is 0 Å². The van der Waals surface area contributed by atoms with Gasteiger partial charge in [0.2, 0.25) is 0 Å². The first kappa shape index (κ1) is 13.5. The standard InChI is InChI=1S/C15H15N3O3/c19-10-11-5-8-17(9-6-11)13-3-4-14(18(20)21)15-12(13)2-1-7-16-15/h1-4,7,10-11H,5-6,8-9H2. The van der Waals surface area contributed by atoms with E-state index in [9.17, 15) is 14.9 Å². The topological polar surface area (TPSA) is 76.3 Å². The molecule has 0 bridgehead atoms. The lowest BCUT2D eigenvalue weighted by Gasteiger charge is -2.32. The van der Waals surface area contributed by atoms with Crippen LogP contribution in [0, 0.1) is 16.0 Å². The van der Waals surface area contributed by atoms with E-state index in [0.717, 1.165) is 43.3 Å². The van der Waals surface area contributed by atoms with Gasteiger partial charge in [0.25, 0.3) is 5.69 Å². The van der Waals surface area contributed by atoms with Crippen LogP contribution in [-0.4, -0.2) is 29.3 Å². The fraction of sp³-hybridized carbons (Fsp3) is 0.333. The molecule has 0 aliphatic carbocycles. The molecule has 1 saturated heterocycles. The van der Waals surface area contributed by atoms with Gasteiger partial charge < -0.3 is 9.69 Å². The van der Waals surface area contributed by atoms with Crippen molar-refractivity contribution in [3.63, 3.8) is 0 Å². The highest BCUT2D eigenvalue weighted by molar-refractivity contribution is 5.97. The quantitative estimate of drug-likeness (QED) is 0.492. The molecule has 2 aromatic rings. The molecule has 1 aromatic carbocycles. The largest absolute Gasteiger partial charge is 0.371 e. The molecular weight excluding hydrogens is 270 g/mol. The highest BCUT2D eigenvalue weighted by Gasteiger charge is 2.22. The maximum atomic E-state index is 11.1. The van der Waals surface area contributed by atoms with Crippen LogP contribution in [0.15, 0.2) is 30.5 Å². The molecule has 1 aliphatic heterocycles. The summed E-state index contributed by atoms with van der Waals surface area (Å²) >= 11 is 0. The van der Waals surface area contributed by atoms with Gasteiger partial charge in [-0.25, -0.2) is 4.98 Å². The first-order valence-electron chi connectivity index (χ1n) is 6.93. The Morgan fingerprint density at radius 3 is 2.71 bits per heavy atom.